The monoisotopic (exact) mass is 298 g/mol. The molecule has 0 N–H and O–H groups in total. The summed E-state index contributed by atoms with van der Waals surface area (Å²) in [6.07, 6.45) is 1.78. The molecule has 1 aliphatic rings. The third kappa shape index (κ3) is 2.69. The molecular formula is C13H18N2O4S. The molecule has 1 fully saturated rings. The lowest BCUT2D eigenvalue weighted by Crippen LogP contribution is -2.39. The lowest BCUT2D eigenvalue weighted by molar-refractivity contribution is -0.387. The summed E-state index contributed by atoms with van der Waals surface area (Å²) < 4.78 is 26.8. The number of rotatable bonds is 3. The SMILES string of the molecule is Cc1cccc([N+](=O)[O-])c1S(=O)(=O)N1CCCC(C)C1. The van der Waals surface area contributed by atoms with Gasteiger partial charge >= 0.3 is 0 Å². The second kappa shape index (κ2) is 5.49. The number of nitro groups is 1. The van der Waals surface area contributed by atoms with Crippen molar-refractivity contribution >= 4 is 15.7 Å². The minimum absolute atomic E-state index is 0.167. The van der Waals surface area contributed by atoms with E-state index >= 15 is 0 Å². The maximum atomic E-state index is 12.7. The molecule has 1 atom stereocenters. The molecule has 1 aliphatic heterocycles. The highest BCUT2D eigenvalue weighted by Crippen LogP contribution is 2.31. The van der Waals surface area contributed by atoms with Crippen molar-refractivity contribution in [2.75, 3.05) is 13.1 Å². The predicted octanol–water partition coefficient (Wildman–Crippen LogP) is 2.32. The molecule has 20 heavy (non-hydrogen) atoms. The van der Waals surface area contributed by atoms with Crippen molar-refractivity contribution in [2.45, 2.75) is 31.6 Å². The van der Waals surface area contributed by atoms with Gasteiger partial charge in [-0.1, -0.05) is 19.1 Å². The molecule has 1 unspecified atom stereocenters. The Morgan fingerprint density at radius 2 is 2.10 bits per heavy atom. The van der Waals surface area contributed by atoms with Gasteiger partial charge in [-0.05, 0) is 31.2 Å². The van der Waals surface area contributed by atoms with Gasteiger partial charge in [0.05, 0.1) is 4.92 Å². The van der Waals surface area contributed by atoms with Crippen LogP contribution in [-0.2, 0) is 10.0 Å². The topological polar surface area (TPSA) is 80.5 Å². The summed E-state index contributed by atoms with van der Waals surface area (Å²) in [6.45, 7) is 4.44. The van der Waals surface area contributed by atoms with Crippen LogP contribution < -0.4 is 0 Å². The van der Waals surface area contributed by atoms with E-state index in [-0.39, 0.29) is 16.5 Å². The van der Waals surface area contributed by atoms with Gasteiger partial charge in [0, 0.05) is 19.2 Å². The Kier molecular flexibility index (Phi) is 4.10. The zero-order valence-electron chi connectivity index (χ0n) is 11.6. The molecule has 1 aromatic carbocycles. The second-order valence-electron chi connectivity index (χ2n) is 5.29. The van der Waals surface area contributed by atoms with Crippen molar-refractivity contribution < 1.29 is 13.3 Å². The van der Waals surface area contributed by atoms with Crippen LogP contribution in [0.5, 0.6) is 0 Å². The van der Waals surface area contributed by atoms with E-state index in [1.54, 1.807) is 13.0 Å². The third-order valence-corrected chi connectivity index (χ3v) is 5.66. The van der Waals surface area contributed by atoms with Gasteiger partial charge in [0.1, 0.15) is 0 Å². The molecule has 0 radical (unpaired) electrons. The predicted molar refractivity (Wildman–Crippen MR) is 75.0 cm³/mol. The number of benzene rings is 1. The summed E-state index contributed by atoms with van der Waals surface area (Å²) in [6, 6.07) is 4.34. The Balaban J connectivity index is 2.52. The standard InChI is InChI=1S/C13H18N2O4S/c1-10-5-4-8-14(9-10)20(18,19)13-11(2)6-3-7-12(13)15(16)17/h3,6-7,10H,4-5,8-9H2,1-2H3. The fraction of sp³-hybridized carbons (Fsp3) is 0.538. The van der Waals surface area contributed by atoms with E-state index in [2.05, 4.69) is 0 Å². The first-order valence-electron chi connectivity index (χ1n) is 6.58. The van der Waals surface area contributed by atoms with Gasteiger partial charge in [-0.15, -0.1) is 0 Å². The highest BCUT2D eigenvalue weighted by Gasteiger charge is 2.35. The molecule has 2 rings (SSSR count). The molecule has 1 heterocycles. The zero-order valence-corrected chi connectivity index (χ0v) is 12.4. The van der Waals surface area contributed by atoms with Crippen LogP contribution in [0.3, 0.4) is 0 Å². The quantitative estimate of drug-likeness (QED) is 0.633. The van der Waals surface area contributed by atoms with Crippen molar-refractivity contribution in [1.29, 1.82) is 0 Å². The van der Waals surface area contributed by atoms with Gasteiger partial charge in [0.15, 0.2) is 4.90 Å². The van der Waals surface area contributed by atoms with Crippen LogP contribution in [0, 0.1) is 23.0 Å². The van der Waals surface area contributed by atoms with Gasteiger partial charge < -0.3 is 0 Å². The Labute approximate surface area is 118 Å². The van der Waals surface area contributed by atoms with E-state index < -0.39 is 14.9 Å². The van der Waals surface area contributed by atoms with Crippen LogP contribution >= 0.6 is 0 Å². The third-order valence-electron chi connectivity index (χ3n) is 3.61. The summed E-state index contributed by atoms with van der Waals surface area (Å²) >= 11 is 0. The van der Waals surface area contributed by atoms with E-state index in [1.165, 1.54) is 16.4 Å². The Hall–Kier alpha value is -1.47. The van der Waals surface area contributed by atoms with Crippen LogP contribution in [0.4, 0.5) is 5.69 Å². The van der Waals surface area contributed by atoms with E-state index in [1.807, 2.05) is 6.92 Å². The maximum Gasteiger partial charge on any atom is 0.289 e. The van der Waals surface area contributed by atoms with Gasteiger partial charge in [0.25, 0.3) is 5.69 Å². The molecule has 1 saturated heterocycles. The number of aryl methyl sites for hydroxylation is 1. The highest BCUT2D eigenvalue weighted by atomic mass is 32.2. The average Bonchev–Trinajstić information content (AvgIpc) is 2.38. The molecule has 0 spiro atoms. The van der Waals surface area contributed by atoms with Crippen LogP contribution in [0.15, 0.2) is 23.1 Å². The van der Waals surface area contributed by atoms with E-state index in [4.69, 9.17) is 0 Å². The van der Waals surface area contributed by atoms with Crippen molar-refractivity contribution in [3.63, 3.8) is 0 Å². The van der Waals surface area contributed by atoms with Gasteiger partial charge in [-0.2, -0.15) is 4.31 Å². The van der Waals surface area contributed by atoms with Crippen molar-refractivity contribution in [3.05, 3.63) is 33.9 Å². The number of nitro benzene ring substituents is 1. The first-order valence-corrected chi connectivity index (χ1v) is 8.02. The Bertz CT molecular complexity index is 627. The summed E-state index contributed by atoms with van der Waals surface area (Å²) in [7, 11) is -3.81. The Morgan fingerprint density at radius 1 is 1.40 bits per heavy atom. The van der Waals surface area contributed by atoms with Gasteiger partial charge in [0.2, 0.25) is 10.0 Å². The molecule has 110 valence electrons. The number of nitrogens with zero attached hydrogens (tertiary/aromatic N) is 2. The maximum absolute atomic E-state index is 12.7. The number of hydrogen-bond acceptors (Lipinski definition) is 4. The summed E-state index contributed by atoms with van der Waals surface area (Å²) in [5, 5.41) is 11.1. The van der Waals surface area contributed by atoms with Crippen molar-refractivity contribution in [1.82, 2.24) is 4.31 Å². The molecular weight excluding hydrogens is 280 g/mol. The fourth-order valence-electron chi connectivity index (χ4n) is 2.61. The largest absolute Gasteiger partial charge is 0.289 e. The molecule has 0 aromatic heterocycles. The molecule has 1 aromatic rings. The van der Waals surface area contributed by atoms with Gasteiger partial charge in [-0.25, -0.2) is 8.42 Å². The molecule has 0 aliphatic carbocycles. The summed E-state index contributed by atoms with van der Waals surface area (Å²) in [4.78, 5) is 10.3. The van der Waals surface area contributed by atoms with Crippen LogP contribution in [-0.4, -0.2) is 30.7 Å². The number of sulfonamides is 1. The van der Waals surface area contributed by atoms with Gasteiger partial charge in [-0.3, -0.25) is 10.1 Å². The lowest BCUT2D eigenvalue weighted by Gasteiger charge is -2.30. The van der Waals surface area contributed by atoms with Crippen molar-refractivity contribution in [3.8, 4) is 0 Å². The molecule has 7 heteroatoms. The van der Waals surface area contributed by atoms with E-state index in [0.717, 1.165) is 12.8 Å². The average molecular weight is 298 g/mol. The summed E-state index contributed by atoms with van der Waals surface area (Å²) in [5.41, 5.74) is 0.0700. The first kappa shape index (κ1) is 14.9. The smallest absolute Gasteiger partial charge is 0.258 e. The number of hydrogen-bond donors (Lipinski definition) is 0. The van der Waals surface area contributed by atoms with Crippen LogP contribution in [0.1, 0.15) is 25.3 Å². The minimum Gasteiger partial charge on any atom is -0.258 e. The van der Waals surface area contributed by atoms with E-state index in [0.29, 0.717) is 18.7 Å². The Morgan fingerprint density at radius 3 is 2.70 bits per heavy atom. The molecule has 0 amide bonds. The second-order valence-corrected chi connectivity index (χ2v) is 7.17. The van der Waals surface area contributed by atoms with Crippen LogP contribution in [0.25, 0.3) is 0 Å². The normalized spacial score (nSPS) is 20.8. The number of piperidine rings is 1. The zero-order chi connectivity index (χ0) is 14.9. The first-order chi connectivity index (χ1) is 9.34. The van der Waals surface area contributed by atoms with Crippen LogP contribution in [0.2, 0.25) is 0 Å². The molecule has 6 nitrogen and oxygen atoms in total. The van der Waals surface area contributed by atoms with E-state index in [9.17, 15) is 18.5 Å². The summed E-state index contributed by atoms with van der Waals surface area (Å²) in [5.74, 6) is 0.279. The molecule has 0 saturated carbocycles. The van der Waals surface area contributed by atoms with Crippen molar-refractivity contribution in [2.24, 2.45) is 5.92 Å². The highest BCUT2D eigenvalue weighted by molar-refractivity contribution is 7.89. The molecule has 0 bridgehead atoms. The minimum atomic E-state index is -3.81. The fourth-order valence-corrected chi connectivity index (χ4v) is 4.57. The lowest BCUT2D eigenvalue weighted by atomic mass is 10.0.